The molecule has 1 aliphatic rings. The van der Waals surface area contributed by atoms with Crippen LogP contribution in [0.2, 0.25) is 0 Å². The zero-order chi connectivity index (χ0) is 7.23. The summed E-state index contributed by atoms with van der Waals surface area (Å²) < 4.78 is 5.09. The Morgan fingerprint density at radius 2 is 2.50 bits per heavy atom. The van der Waals surface area contributed by atoms with Crippen molar-refractivity contribution in [2.24, 2.45) is 0 Å². The van der Waals surface area contributed by atoms with Gasteiger partial charge in [-0.2, -0.15) is 0 Å². The molecule has 3 nitrogen and oxygen atoms in total. The second-order valence-electron chi connectivity index (χ2n) is 1.91. The van der Waals surface area contributed by atoms with E-state index in [1.807, 2.05) is 12.2 Å². The van der Waals surface area contributed by atoms with Crippen molar-refractivity contribution >= 4 is 6.41 Å². The number of hydrogen-bond acceptors (Lipinski definition) is 2. The zero-order valence-corrected chi connectivity index (χ0v) is 5.49. The van der Waals surface area contributed by atoms with E-state index in [1.54, 1.807) is 12.3 Å². The van der Waals surface area contributed by atoms with Gasteiger partial charge >= 0.3 is 0 Å². The molecule has 54 valence electrons. The highest BCUT2D eigenvalue weighted by atomic mass is 16.5. The van der Waals surface area contributed by atoms with Crippen molar-refractivity contribution in [3.8, 4) is 0 Å². The highest BCUT2D eigenvalue weighted by Crippen LogP contribution is 1.99. The summed E-state index contributed by atoms with van der Waals surface area (Å²) in [4.78, 5) is 9.84. The summed E-state index contributed by atoms with van der Waals surface area (Å²) in [5, 5.41) is 2.53. The van der Waals surface area contributed by atoms with Crippen LogP contribution >= 0.6 is 0 Å². The maximum Gasteiger partial charge on any atom is 0.207 e. The number of hydrogen-bond donors (Lipinski definition) is 1. The van der Waals surface area contributed by atoms with E-state index in [0.717, 1.165) is 0 Å². The van der Waals surface area contributed by atoms with Crippen LogP contribution in [0.25, 0.3) is 0 Å². The van der Waals surface area contributed by atoms with Crippen molar-refractivity contribution in [2.75, 3.05) is 6.54 Å². The molecule has 0 aliphatic carbocycles. The van der Waals surface area contributed by atoms with Gasteiger partial charge in [0.05, 0.1) is 12.8 Å². The fourth-order valence-electron chi connectivity index (χ4n) is 0.705. The average molecular weight is 139 g/mol. The van der Waals surface area contributed by atoms with Gasteiger partial charge in [0.1, 0.15) is 6.10 Å². The Morgan fingerprint density at radius 1 is 1.60 bits per heavy atom. The van der Waals surface area contributed by atoms with Gasteiger partial charge in [0, 0.05) is 0 Å². The number of ether oxygens (including phenoxy) is 1. The first-order chi connectivity index (χ1) is 4.93. The number of carbonyl (C=O) groups excluding carboxylic acids is 1. The maximum absolute atomic E-state index is 9.84. The van der Waals surface area contributed by atoms with E-state index >= 15 is 0 Å². The molecular formula is C7H9NO2. The lowest BCUT2D eigenvalue weighted by atomic mass is 10.3. The minimum Gasteiger partial charge on any atom is -0.492 e. The van der Waals surface area contributed by atoms with Gasteiger partial charge in [-0.3, -0.25) is 4.79 Å². The Balaban J connectivity index is 2.23. The quantitative estimate of drug-likeness (QED) is 0.567. The molecule has 3 heteroatoms. The molecular weight excluding hydrogens is 130 g/mol. The first-order valence-corrected chi connectivity index (χ1v) is 3.09. The van der Waals surface area contributed by atoms with E-state index < -0.39 is 0 Å². The van der Waals surface area contributed by atoms with Gasteiger partial charge in [-0.05, 0) is 12.2 Å². The largest absolute Gasteiger partial charge is 0.492 e. The summed E-state index contributed by atoms with van der Waals surface area (Å²) in [5.41, 5.74) is 0. The molecule has 0 saturated carbocycles. The summed E-state index contributed by atoms with van der Waals surface area (Å²) >= 11 is 0. The van der Waals surface area contributed by atoms with E-state index in [1.165, 1.54) is 0 Å². The molecule has 1 rings (SSSR count). The normalized spacial score (nSPS) is 21.8. The van der Waals surface area contributed by atoms with Crippen molar-refractivity contribution in [1.82, 2.24) is 5.32 Å². The molecule has 0 saturated heterocycles. The zero-order valence-electron chi connectivity index (χ0n) is 5.49. The molecule has 0 radical (unpaired) electrons. The first kappa shape index (κ1) is 6.86. The predicted molar refractivity (Wildman–Crippen MR) is 37.2 cm³/mol. The minimum atomic E-state index is -0.00444. The molecule has 0 aromatic heterocycles. The summed E-state index contributed by atoms with van der Waals surface area (Å²) in [5.74, 6) is 0. The Kier molecular flexibility index (Phi) is 2.55. The molecule has 1 aliphatic heterocycles. The third-order valence-electron chi connectivity index (χ3n) is 1.17. The van der Waals surface area contributed by atoms with Crippen molar-refractivity contribution in [3.05, 3.63) is 24.5 Å². The molecule has 1 atom stereocenters. The fourth-order valence-corrected chi connectivity index (χ4v) is 0.705. The molecule has 0 spiro atoms. The van der Waals surface area contributed by atoms with Gasteiger partial charge in [0.15, 0.2) is 0 Å². The number of nitrogens with one attached hydrogen (secondary N) is 1. The van der Waals surface area contributed by atoms with Gasteiger partial charge in [-0.1, -0.05) is 6.08 Å². The third kappa shape index (κ3) is 1.93. The van der Waals surface area contributed by atoms with Crippen LogP contribution in [-0.2, 0) is 9.53 Å². The summed E-state index contributed by atoms with van der Waals surface area (Å²) in [6.07, 6.45) is 7.84. The highest BCUT2D eigenvalue weighted by molar-refractivity contribution is 5.46. The molecule has 10 heavy (non-hydrogen) atoms. The summed E-state index contributed by atoms with van der Waals surface area (Å²) in [6.45, 7) is 0.532. The van der Waals surface area contributed by atoms with Gasteiger partial charge < -0.3 is 10.1 Å². The van der Waals surface area contributed by atoms with E-state index in [-0.39, 0.29) is 6.10 Å². The lowest BCUT2D eigenvalue weighted by Gasteiger charge is -2.13. The van der Waals surface area contributed by atoms with Crippen LogP contribution in [0, 0.1) is 0 Å². The molecule has 1 N–H and O–H groups in total. The van der Waals surface area contributed by atoms with E-state index in [0.29, 0.717) is 13.0 Å². The SMILES string of the molecule is O=CNCC1C=CC=CO1. The molecule has 0 aromatic carbocycles. The van der Waals surface area contributed by atoms with Gasteiger partial charge in [0.25, 0.3) is 0 Å². The predicted octanol–water partition coefficient (Wildman–Crippen LogP) is 0.201. The Bertz CT molecular complexity index is 163. The lowest BCUT2D eigenvalue weighted by molar-refractivity contribution is -0.109. The van der Waals surface area contributed by atoms with Crippen LogP contribution < -0.4 is 5.32 Å². The molecule has 1 heterocycles. The van der Waals surface area contributed by atoms with Crippen molar-refractivity contribution in [1.29, 1.82) is 0 Å². The molecule has 0 aromatic rings. The van der Waals surface area contributed by atoms with Crippen molar-refractivity contribution in [2.45, 2.75) is 6.10 Å². The number of allylic oxidation sites excluding steroid dienone is 2. The number of carbonyl (C=O) groups is 1. The van der Waals surface area contributed by atoms with Gasteiger partial charge in [0.2, 0.25) is 6.41 Å². The van der Waals surface area contributed by atoms with E-state index in [9.17, 15) is 4.79 Å². The van der Waals surface area contributed by atoms with Crippen molar-refractivity contribution < 1.29 is 9.53 Å². The van der Waals surface area contributed by atoms with Crippen LogP contribution in [0.4, 0.5) is 0 Å². The van der Waals surface area contributed by atoms with Gasteiger partial charge in [-0.15, -0.1) is 0 Å². The topological polar surface area (TPSA) is 38.3 Å². The fraction of sp³-hybridized carbons (Fsp3) is 0.286. The second-order valence-corrected chi connectivity index (χ2v) is 1.91. The first-order valence-electron chi connectivity index (χ1n) is 3.09. The van der Waals surface area contributed by atoms with Crippen molar-refractivity contribution in [3.63, 3.8) is 0 Å². The standard InChI is InChI=1S/C7H9NO2/c9-6-8-5-7-3-1-2-4-10-7/h1-4,6-7H,5H2,(H,8,9). The second kappa shape index (κ2) is 3.71. The highest BCUT2D eigenvalue weighted by Gasteiger charge is 2.02. The van der Waals surface area contributed by atoms with Crippen LogP contribution in [0.15, 0.2) is 24.5 Å². The Hall–Kier alpha value is -1.25. The maximum atomic E-state index is 9.84. The number of rotatable bonds is 3. The smallest absolute Gasteiger partial charge is 0.207 e. The lowest BCUT2D eigenvalue weighted by Crippen LogP contribution is -2.25. The van der Waals surface area contributed by atoms with Crippen LogP contribution in [0.5, 0.6) is 0 Å². The average Bonchev–Trinajstić information content (AvgIpc) is 2.03. The Morgan fingerprint density at radius 3 is 3.10 bits per heavy atom. The monoisotopic (exact) mass is 139 g/mol. The minimum absolute atomic E-state index is 0.00444. The van der Waals surface area contributed by atoms with Crippen LogP contribution in [-0.4, -0.2) is 19.1 Å². The molecule has 0 fully saturated rings. The van der Waals surface area contributed by atoms with E-state index in [2.05, 4.69) is 5.32 Å². The Labute approximate surface area is 59.4 Å². The van der Waals surface area contributed by atoms with Crippen LogP contribution in [0.3, 0.4) is 0 Å². The third-order valence-corrected chi connectivity index (χ3v) is 1.17. The molecule has 0 bridgehead atoms. The van der Waals surface area contributed by atoms with Crippen LogP contribution in [0.1, 0.15) is 0 Å². The van der Waals surface area contributed by atoms with E-state index in [4.69, 9.17) is 4.74 Å². The van der Waals surface area contributed by atoms with Gasteiger partial charge in [-0.25, -0.2) is 0 Å². The molecule has 1 unspecified atom stereocenters. The summed E-state index contributed by atoms with van der Waals surface area (Å²) in [7, 11) is 0. The number of amides is 1. The summed E-state index contributed by atoms with van der Waals surface area (Å²) in [6, 6.07) is 0. The molecule has 1 amide bonds.